The van der Waals surface area contributed by atoms with Crippen molar-refractivity contribution in [3.8, 4) is 0 Å². The Hall–Kier alpha value is -0.350. The first-order valence-electron chi connectivity index (χ1n) is 3.38. The molecule has 0 bridgehead atoms. The van der Waals surface area contributed by atoms with Crippen LogP contribution in [0.5, 0.6) is 0 Å². The number of rotatable bonds is 3. The van der Waals surface area contributed by atoms with Crippen LogP contribution < -0.4 is 5.73 Å². The zero-order valence-corrected chi connectivity index (χ0v) is 7.77. The van der Waals surface area contributed by atoms with Crippen LogP contribution in [-0.4, -0.2) is 22.2 Å². The van der Waals surface area contributed by atoms with E-state index in [0.717, 1.165) is 11.8 Å². The van der Waals surface area contributed by atoms with Crippen molar-refractivity contribution in [1.82, 2.24) is 0 Å². The fourth-order valence-corrected chi connectivity index (χ4v) is 1.53. The SMILES string of the molecule is CC(=O)SC(C)C(N)C(C)=O. The molecule has 2 unspecified atom stereocenters. The highest BCUT2D eigenvalue weighted by Gasteiger charge is 2.18. The van der Waals surface area contributed by atoms with Crippen LogP contribution >= 0.6 is 11.8 Å². The predicted octanol–water partition coefficient (Wildman–Crippen LogP) is 0.571. The van der Waals surface area contributed by atoms with Gasteiger partial charge in [-0.05, 0) is 6.92 Å². The molecular weight excluding hydrogens is 162 g/mol. The summed E-state index contributed by atoms with van der Waals surface area (Å²) in [4.78, 5) is 21.3. The average molecular weight is 175 g/mol. The minimum atomic E-state index is -0.524. The highest BCUT2D eigenvalue weighted by atomic mass is 32.2. The quantitative estimate of drug-likeness (QED) is 0.681. The summed E-state index contributed by atoms with van der Waals surface area (Å²) >= 11 is 1.11. The van der Waals surface area contributed by atoms with Crippen molar-refractivity contribution in [2.45, 2.75) is 32.1 Å². The van der Waals surface area contributed by atoms with Crippen LogP contribution in [0.25, 0.3) is 0 Å². The highest BCUT2D eigenvalue weighted by Crippen LogP contribution is 2.13. The third-order valence-corrected chi connectivity index (χ3v) is 2.32. The lowest BCUT2D eigenvalue weighted by Crippen LogP contribution is -2.37. The molecule has 2 N–H and O–H groups in total. The topological polar surface area (TPSA) is 60.2 Å². The van der Waals surface area contributed by atoms with Crippen molar-refractivity contribution in [3.05, 3.63) is 0 Å². The highest BCUT2D eigenvalue weighted by molar-refractivity contribution is 8.14. The summed E-state index contributed by atoms with van der Waals surface area (Å²) < 4.78 is 0. The van der Waals surface area contributed by atoms with E-state index in [-0.39, 0.29) is 16.1 Å². The minimum absolute atomic E-state index is 0.00537. The third-order valence-electron chi connectivity index (χ3n) is 1.33. The second kappa shape index (κ2) is 4.51. The van der Waals surface area contributed by atoms with Gasteiger partial charge in [-0.2, -0.15) is 0 Å². The Balaban J connectivity index is 3.92. The van der Waals surface area contributed by atoms with Gasteiger partial charge in [0, 0.05) is 12.2 Å². The standard InChI is InChI=1S/C7H13NO2S/c1-4(9)7(8)5(2)11-6(3)10/h5,7H,8H2,1-3H3. The largest absolute Gasteiger partial charge is 0.321 e. The molecule has 0 heterocycles. The van der Waals surface area contributed by atoms with Gasteiger partial charge in [0.1, 0.15) is 5.78 Å². The number of carbonyl (C=O) groups excluding carboxylic acids is 2. The van der Waals surface area contributed by atoms with Crippen LogP contribution in [0.1, 0.15) is 20.8 Å². The predicted molar refractivity (Wildman–Crippen MR) is 46.4 cm³/mol. The lowest BCUT2D eigenvalue weighted by atomic mass is 10.2. The van der Waals surface area contributed by atoms with Crippen molar-refractivity contribution in [2.75, 3.05) is 0 Å². The molecule has 0 aliphatic rings. The van der Waals surface area contributed by atoms with E-state index < -0.39 is 6.04 Å². The average Bonchev–Trinajstić information content (AvgIpc) is 1.84. The van der Waals surface area contributed by atoms with E-state index in [1.165, 1.54) is 13.8 Å². The molecule has 0 saturated heterocycles. The van der Waals surface area contributed by atoms with Gasteiger partial charge in [0.25, 0.3) is 0 Å². The Bertz CT molecular complexity index is 170. The van der Waals surface area contributed by atoms with Crippen molar-refractivity contribution < 1.29 is 9.59 Å². The first-order chi connectivity index (χ1) is 4.95. The fraction of sp³-hybridized carbons (Fsp3) is 0.714. The number of hydrogen-bond acceptors (Lipinski definition) is 4. The third kappa shape index (κ3) is 4.16. The Morgan fingerprint density at radius 2 is 1.82 bits per heavy atom. The number of thioether (sulfide) groups is 1. The maximum Gasteiger partial charge on any atom is 0.186 e. The Kier molecular flexibility index (Phi) is 4.37. The van der Waals surface area contributed by atoms with E-state index in [2.05, 4.69) is 0 Å². The second-order valence-electron chi connectivity index (χ2n) is 2.45. The van der Waals surface area contributed by atoms with Crippen LogP contribution in [0.3, 0.4) is 0 Å². The monoisotopic (exact) mass is 175 g/mol. The summed E-state index contributed by atoms with van der Waals surface area (Å²) in [6.45, 7) is 4.67. The zero-order valence-electron chi connectivity index (χ0n) is 6.96. The molecule has 0 amide bonds. The summed E-state index contributed by atoms with van der Waals surface area (Å²) in [6, 6.07) is -0.524. The molecule has 4 heteroatoms. The van der Waals surface area contributed by atoms with E-state index >= 15 is 0 Å². The molecular formula is C7H13NO2S. The molecule has 0 aromatic carbocycles. The summed E-state index contributed by atoms with van der Waals surface area (Å²) in [5.41, 5.74) is 5.49. The van der Waals surface area contributed by atoms with Crippen molar-refractivity contribution in [1.29, 1.82) is 0 Å². The Morgan fingerprint density at radius 1 is 1.36 bits per heavy atom. The van der Waals surface area contributed by atoms with Gasteiger partial charge in [-0.1, -0.05) is 18.7 Å². The number of carbonyl (C=O) groups is 2. The van der Waals surface area contributed by atoms with E-state index in [1.54, 1.807) is 6.92 Å². The van der Waals surface area contributed by atoms with E-state index in [0.29, 0.717) is 0 Å². The Morgan fingerprint density at radius 3 is 2.09 bits per heavy atom. The van der Waals surface area contributed by atoms with Crippen molar-refractivity contribution >= 4 is 22.7 Å². The molecule has 0 aromatic rings. The number of ketones is 1. The lowest BCUT2D eigenvalue weighted by molar-refractivity contribution is -0.118. The molecule has 0 aliphatic heterocycles. The molecule has 0 spiro atoms. The molecule has 0 fully saturated rings. The summed E-state index contributed by atoms with van der Waals surface area (Å²) in [5, 5.41) is -0.126. The van der Waals surface area contributed by atoms with Gasteiger partial charge < -0.3 is 5.73 Å². The summed E-state index contributed by atoms with van der Waals surface area (Å²) in [7, 11) is 0. The van der Waals surface area contributed by atoms with Gasteiger partial charge in [0.05, 0.1) is 6.04 Å². The molecule has 3 nitrogen and oxygen atoms in total. The minimum Gasteiger partial charge on any atom is -0.321 e. The van der Waals surface area contributed by atoms with Crippen LogP contribution in [0.15, 0.2) is 0 Å². The van der Waals surface area contributed by atoms with Gasteiger partial charge in [-0.3, -0.25) is 9.59 Å². The van der Waals surface area contributed by atoms with Gasteiger partial charge in [0.15, 0.2) is 5.12 Å². The normalized spacial score (nSPS) is 15.6. The van der Waals surface area contributed by atoms with Crippen LogP contribution in [-0.2, 0) is 9.59 Å². The first kappa shape index (κ1) is 10.7. The maximum atomic E-state index is 10.7. The maximum absolute atomic E-state index is 10.7. The summed E-state index contributed by atoms with van der Waals surface area (Å²) in [6.07, 6.45) is 0. The van der Waals surface area contributed by atoms with Crippen LogP contribution in [0.2, 0.25) is 0 Å². The van der Waals surface area contributed by atoms with E-state index in [1.807, 2.05) is 0 Å². The number of hydrogen-bond donors (Lipinski definition) is 1. The fourth-order valence-electron chi connectivity index (χ4n) is 0.666. The van der Waals surface area contributed by atoms with Gasteiger partial charge in [0.2, 0.25) is 0 Å². The van der Waals surface area contributed by atoms with Crippen LogP contribution in [0.4, 0.5) is 0 Å². The number of Topliss-reactive ketones (excluding diaryl/α,β-unsaturated/α-hetero) is 1. The van der Waals surface area contributed by atoms with Gasteiger partial charge in [-0.15, -0.1) is 0 Å². The van der Waals surface area contributed by atoms with Gasteiger partial charge >= 0.3 is 0 Å². The molecule has 64 valence electrons. The van der Waals surface area contributed by atoms with E-state index in [9.17, 15) is 9.59 Å². The van der Waals surface area contributed by atoms with E-state index in [4.69, 9.17) is 5.73 Å². The van der Waals surface area contributed by atoms with Crippen molar-refractivity contribution in [2.24, 2.45) is 5.73 Å². The van der Waals surface area contributed by atoms with Crippen LogP contribution in [0, 0.1) is 0 Å². The van der Waals surface area contributed by atoms with Crippen molar-refractivity contribution in [3.63, 3.8) is 0 Å². The molecule has 0 saturated carbocycles. The number of nitrogens with two attached hydrogens (primary N) is 1. The molecule has 0 aliphatic carbocycles. The Labute approximate surface area is 70.7 Å². The molecule has 11 heavy (non-hydrogen) atoms. The molecule has 2 atom stereocenters. The first-order valence-corrected chi connectivity index (χ1v) is 4.26. The molecule has 0 radical (unpaired) electrons. The molecule has 0 rings (SSSR count). The summed E-state index contributed by atoms with van der Waals surface area (Å²) in [5.74, 6) is -0.0775. The lowest BCUT2D eigenvalue weighted by Gasteiger charge is -2.14. The smallest absolute Gasteiger partial charge is 0.186 e. The zero-order chi connectivity index (χ0) is 9.02. The second-order valence-corrected chi connectivity index (χ2v) is 4.01. The van der Waals surface area contributed by atoms with Gasteiger partial charge in [-0.25, -0.2) is 0 Å². The molecule has 0 aromatic heterocycles.